The SMILES string of the molecule is CCCC(C)C(O)c1ccc(Cl)c2cccnc12. The Morgan fingerprint density at radius 1 is 1.33 bits per heavy atom. The van der Waals surface area contributed by atoms with Gasteiger partial charge in [0.25, 0.3) is 0 Å². The molecular weight excluding hydrogens is 246 g/mol. The lowest BCUT2D eigenvalue weighted by Crippen LogP contribution is -2.10. The summed E-state index contributed by atoms with van der Waals surface area (Å²) in [5, 5.41) is 12.0. The molecule has 1 N–H and O–H groups in total. The smallest absolute Gasteiger partial charge is 0.0836 e. The molecule has 2 nitrogen and oxygen atoms in total. The van der Waals surface area contributed by atoms with Gasteiger partial charge in [0.1, 0.15) is 0 Å². The van der Waals surface area contributed by atoms with E-state index in [0.29, 0.717) is 5.02 Å². The molecule has 0 aliphatic heterocycles. The van der Waals surface area contributed by atoms with Crippen LogP contribution in [0.25, 0.3) is 10.9 Å². The van der Waals surface area contributed by atoms with E-state index >= 15 is 0 Å². The molecule has 2 rings (SSSR count). The van der Waals surface area contributed by atoms with E-state index in [1.165, 1.54) is 0 Å². The van der Waals surface area contributed by atoms with Gasteiger partial charge in [-0.25, -0.2) is 0 Å². The molecule has 0 spiro atoms. The molecule has 0 amide bonds. The van der Waals surface area contributed by atoms with Crippen LogP contribution >= 0.6 is 11.6 Å². The van der Waals surface area contributed by atoms with Gasteiger partial charge >= 0.3 is 0 Å². The molecule has 0 aliphatic carbocycles. The molecule has 0 aliphatic rings. The van der Waals surface area contributed by atoms with Crippen LogP contribution in [0.2, 0.25) is 5.02 Å². The van der Waals surface area contributed by atoms with Gasteiger partial charge in [0.05, 0.1) is 11.6 Å². The lowest BCUT2D eigenvalue weighted by atomic mass is 9.92. The van der Waals surface area contributed by atoms with Crippen molar-refractivity contribution in [2.45, 2.75) is 32.8 Å². The van der Waals surface area contributed by atoms with Crippen LogP contribution in [0.1, 0.15) is 38.4 Å². The molecule has 0 fully saturated rings. The molecule has 1 heterocycles. The lowest BCUT2D eigenvalue weighted by molar-refractivity contribution is 0.113. The highest BCUT2D eigenvalue weighted by Crippen LogP contribution is 2.32. The van der Waals surface area contributed by atoms with Crippen LogP contribution in [0.4, 0.5) is 0 Å². The summed E-state index contributed by atoms with van der Waals surface area (Å²) in [5.74, 6) is 0.224. The van der Waals surface area contributed by atoms with E-state index in [0.717, 1.165) is 29.3 Å². The topological polar surface area (TPSA) is 33.1 Å². The van der Waals surface area contributed by atoms with Gasteiger partial charge in [-0.05, 0) is 30.5 Å². The Morgan fingerprint density at radius 3 is 2.83 bits per heavy atom. The Morgan fingerprint density at radius 2 is 2.11 bits per heavy atom. The maximum Gasteiger partial charge on any atom is 0.0836 e. The normalized spacial score (nSPS) is 14.7. The average molecular weight is 264 g/mol. The molecule has 2 aromatic rings. The van der Waals surface area contributed by atoms with Crippen molar-refractivity contribution in [3.05, 3.63) is 41.0 Å². The molecule has 18 heavy (non-hydrogen) atoms. The maximum atomic E-state index is 10.4. The first-order valence-electron chi connectivity index (χ1n) is 6.36. The van der Waals surface area contributed by atoms with E-state index in [-0.39, 0.29) is 5.92 Å². The molecule has 2 unspecified atom stereocenters. The number of halogens is 1. The van der Waals surface area contributed by atoms with Crippen molar-refractivity contribution in [1.82, 2.24) is 4.98 Å². The van der Waals surface area contributed by atoms with Crippen molar-refractivity contribution >= 4 is 22.5 Å². The minimum absolute atomic E-state index is 0.224. The minimum atomic E-state index is -0.486. The van der Waals surface area contributed by atoms with Crippen molar-refractivity contribution < 1.29 is 5.11 Å². The van der Waals surface area contributed by atoms with Crippen molar-refractivity contribution in [3.63, 3.8) is 0 Å². The summed E-state index contributed by atoms with van der Waals surface area (Å²) in [6.45, 7) is 4.19. The van der Waals surface area contributed by atoms with E-state index in [9.17, 15) is 5.11 Å². The van der Waals surface area contributed by atoms with Crippen molar-refractivity contribution in [2.24, 2.45) is 5.92 Å². The van der Waals surface area contributed by atoms with Crippen LogP contribution in [0.3, 0.4) is 0 Å². The predicted molar refractivity (Wildman–Crippen MR) is 75.8 cm³/mol. The zero-order chi connectivity index (χ0) is 13.1. The van der Waals surface area contributed by atoms with Crippen LogP contribution in [0.15, 0.2) is 30.5 Å². The van der Waals surface area contributed by atoms with Gasteiger partial charge in [0.15, 0.2) is 0 Å². The molecule has 96 valence electrons. The van der Waals surface area contributed by atoms with Crippen molar-refractivity contribution in [1.29, 1.82) is 0 Å². The van der Waals surface area contributed by atoms with E-state index in [1.807, 2.05) is 24.3 Å². The Bertz CT molecular complexity index is 541. The fourth-order valence-electron chi connectivity index (χ4n) is 2.32. The van der Waals surface area contributed by atoms with Gasteiger partial charge in [0.2, 0.25) is 0 Å². The van der Waals surface area contributed by atoms with Gasteiger partial charge in [0, 0.05) is 22.2 Å². The first-order chi connectivity index (χ1) is 8.65. The molecule has 0 saturated heterocycles. The Kier molecular flexibility index (Phi) is 4.20. The lowest BCUT2D eigenvalue weighted by Gasteiger charge is -2.20. The Labute approximate surface area is 113 Å². The van der Waals surface area contributed by atoms with Gasteiger partial charge in [-0.1, -0.05) is 37.9 Å². The second-order valence-electron chi connectivity index (χ2n) is 4.75. The van der Waals surface area contributed by atoms with Crippen LogP contribution < -0.4 is 0 Å². The van der Waals surface area contributed by atoms with Gasteiger partial charge in [-0.15, -0.1) is 0 Å². The highest BCUT2D eigenvalue weighted by atomic mass is 35.5. The highest BCUT2D eigenvalue weighted by Gasteiger charge is 2.19. The fraction of sp³-hybridized carbons (Fsp3) is 0.400. The quantitative estimate of drug-likeness (QED) is 0.889. The zero-order valence-electron chi connectivity index (χ0n) is 10.7. The first-order valence-corrected chi connectivity index (χ1v) is 6.74. The minimum Gasteiger partial charge on any atom is -0.388 e. The number of rotatable bonds is 4. The predicted octanol–water partition coefficient (Wildman–Crippen LogP) is 4.36. The van der Waals surface area contributed by atoms with Gasteiger partial charge < -0.3 is 5.11 Å². The number of aliphatic hydroxyl groups excluding tert-OH is 1. The zero-order valence-corrected chi connectivity index (χ0v) is 11.5. The Hall–Kier alpha value is -1.12. The number of fused-ring (bicyclic) bond motifs is 1. The largest absolute Gasteiger partial charge is 0.388 e. The molecule has 1 aromatic carbocycles. The maximum absolute atomic E-state index is 10.4. The van der Waals surface area contributed by atoms with Gasteiger partial charge in [-0.2, -0.15) is 0 Å². The Balaban J connectivity index is 2.48. The summed E-state index contributed by atoms with van der Waals surface area (Å²) >= 11 is 6.15. The fourth-order valence-corrected chi connectivity index (χ4v) is 2.53. The summed E-state index contributed by atoms with van der Waals surface area (Å²) in [4.78, 5) is 4.36. The summed E-state index contributed by atoms with van der Waals surface area (Å²) < 4.78 is 0. The highest BCUT2D eigenvalue weighted by molar-refractivity contribution is 6.35. The number of pyridine rings is 1. The van der Waals surface area contributed by atoms with E-state index in [4.69, 9.17) is 11.6 Å². The summed E-state index contributed by atoms with van der Waals surface area (Å²) in [5.41, 5.74) is 1.68. The number of benzene rings is 1. The number of hydrogen-bond donors (Lipinski definition) is 1. The third-order valence-electron chi connectivity index (χ3n) is 3.35. The van der Waals surface area contributed by atoms with Crippen LogP contribution in [0, 0.1) is 5.92 Å². The second kappa shape index (κ2) is 5.68. The van der Waals surface area contributed by atoms with Crippen LogP contribution in [-0.4, -0.2) is 10.1 Å². The first kappa shape index (κ1) is 13.3. The number of aromatic nitrogens is 1. The van der Waals surface area contributed by atoms with E-state index < -0.39 is 6.10 Å². The van der Waals surface area contributed by atoms with E-state index in [1.54, 1.807) is 6.20 Å². The summed E-state index contributed by atoms with van der Waals surface area (Å²) in [7, 11) is 0. The molecule has 0 saturated carbocycles. The van der Waals surface area contributed by atoms with Crippen LogP contribution in [0.5, 0.6) is 0 Å². The molecule has 1 aromatic heterocycles. The third kappa shape index (κ3) is 2.50. The summed E-state index contributed by atoms with van der Waals surface area (Å²) in [6, 6.07) is 7.52. The number of hydrogen-bond acceptors (Lipinski definition) is 2. The number of aliphatic hydroxyl groups is 1. The molecular formula is C15H18ClNO. The van der Waals surface area contributed by atoms with Crippen LogP contribution in [-0.2, 0) is 0 Å². The summed E-state index contributed by atoms with van der Waals surface area (Å²) in [6.07, 6.45) is 3.31. The monoisotopic (exact) mass is 263 g/mol. The molecule has 2 atom stereocenters. The van der Waals surface area contributed by atoms with Crippen molar-refractivity contribution in [3.8, 4) is 0 Å². The molecule has 0 bridgehead atoms. The second-order valence-corrected chi connectivity index (χ2v) is 5.15. The number of nitrogens with zero attached hydrogens (tertiary/aromatic N) is 1. The standard InChI is InChI=1S/C15H18ClNO/c1-3-5-10(2)15(18)12-7-8-13(16)11-6-4-9-17-14(11)12/h4,6-10,15,18H,3,5H2,1-2H3. The molecule has 3 heteroatoms. The molecule has 0 radical (unpaired) electrons. The van der Waals surface area contributed by atoms with Crippen molar-refractivity contribution in [2.75, 3.05) is 0 Å². The average Bonchev–Trinajstić information content (AvgIpc) is 2.39. The van der Waals surface area contributed by atoms with E-state index in [2.05, 4.69) is 18.8 Å². The third-order valence-corrected chi connectivity index (χ3v) is 3.68. The van der Waals surface area contributed by atoms with Gasteiger partial charge in [-0.3, -0.25) is 4.98 Å².